The van der Waals surface area contributed by atoms with E-state index in [0.717, 1.165) is 21.3 Å². The second-order valence-corrected chi connectivity index (χ2v) is 6.88. The number of aromatic nitrogens is 1. The molecule has 0 radical (unpaired) electrons. The number of para-hydroxylation sites is 1. The van der Waals surface area contributed by atoms with Gasteiger partial charge in [-0.2, -0.15) is 0 Å². The summed E-state index contributed by atoms with van der Waals surface area (Å²) in [5.41, 5.74) is 6.98. The zero-order chi connectivity index (χ0) is 14.8. The number of hydrogen-bond donors (Lipinski definition) is 1. The zero-order valence-corrected chi connectivity index (χ0v) is 13.3. The summed E-state index contributed by atoms with van der Waals surface area (Å²) >= 11 is 1.65. The Labute approximate surface area is 124 Å². The SMILES string of the molecule is CC(C)c1nc(COc2ccccc2)sc1C(C)(C)N. The molecule has 2 rings (SSSR count). The maximum atomic E-state index is 6.25. The molecular weight excluding hydrogens is 268 g/mol. The second-order valence-electron chi connectivity index (χ2n) is 5.80. The molecule has 108 valence electrons. The highest BCUT2D eigenvalue weighted by Gasteiger charge is 2.25. The highest BCUT2D eigenvalue weighted by molar-refractivity contribution is 7.11. The molecule has 3 nitrogen and oxygen atoms in total. The van der Waals surface area contributed by atoms with E-state index in [-0.39, 0.29) is 5.54 Å². The summed E-state index contributed by atoms with van der Waals surface area (Å²) in [5, 5.41) is 0.978. The lowest BCUT2D eigenvalue weighted by atomic mass is 9.98. The van der Waals surface area contributed by atoms with Crippen molar-refractivity contribution in [1.29, 1.82) is 0 Å². The molecule has 0 aliphatic heterocycles. The maximum absolute atomic E-state index is 6.25. The number of rotatable bonds is 5. The van der Waals surface area contributed by atoms with Gasteiger partial charge in [0, 0.05) is 10.4 Å². The first-order chi connectivity index (χ1) is 9.38. The molecule has 0 saturated heterocycles. The Balaban J connectivity index is 2.17. The van der Waals surface area contributed by atoms with Crippen molar-refractivity contribution in [2.24, 2.45) is 5.73 Å². The van der Waals surface area contributed by atoms with Gasteiger partial charge in [0.2, 0.25) is 0 Å². The second kappa shape index (κ2) is 5.94. The molecule has 0 unspecified atom stereocenters. The van der Waals surface area contributed by atoms with E-state index in [1.807, 2.05) is 44.2 Å². The largest absolute Gasteiger partial charge is 0.486 e. The van der Waals surface area contributed by atoms with Crippen LogP contribution in [0.1, 0.15) is 49.2 Å². The Morgan fingerprint density at radius 1 is 1.25 bits per heavy atom. The third-order valence-electron chi connectivity index (χ3n) is 2.94. The number of hydrogen-bond acceptors (Lipinski definition) is 4. The van der Waals surface area contributed by atoms with Gasteiger partial charge >= 0.3 is 0 Å². The van der Waals surface area contributed by atoms with Crippen LogP contribution in [-0.2, 0) is 12.1 Å². The normalized spacial score (nSPS) is 11.9. The molecule has 20 heavy (non-hydrogen) atoms. The quantitative estimate of drug-likeness (QED) is 0.904. The first kappa shape index (κ1) is 15.0. The van der Waals surface area contributed by atoms with E-state index in [1.165, 1.54) is 0 Å². The van der Waals surface area contributed by atoms with Crippen LogP contribution in [0.15, 0.2) is 30.3 Å². The Kier molecular flexibility index (Phi) is 4.45. The molecule has 0 aliphatic rings. The van der Waals surface area contributed by atoms with Crippen LogP contribution in [-0.4, -0.2) is 4.98 Å². The van der Waals surface area contributed by atoms with E-state index in [0.29, 0.717) is 12.5 Å². The highest BCUT2D eigenvalue weighted by atomic mass is 32.1. The molecule has 0 aliphatic carbocycles. The summed E-state index contributed by atoms with van der Waals surface area (Å²) < 4.78 is 5.76. The Morgan fingerprint density at radius 3 is 2.40 bits per heavy atom. The van der Waals surface area contributed by atoms with E-state index in [4.69, 9.17) is 15.5 Å². The fraction of sp³-hybridized carbons (Fsp3) is 0.438. The molecule has 1 aromatic heterocycles. The monoisotopic (exact) mass is 290 g/mol. The van der Waals surface area contributed by atoms with E-state index >= 15 is 0 Å². The molecule has 0 spiro atoms. The highest BCUT2D eigenvalue weighted by Crippen LogP contribution is 2.32. The maximum Gasteiger partial charge on any atom is 0.140 e. The number of thiazole rings is 1. The Hall–Kier alpha value is -1.39. The third-order valence-corrected chi connectivity index (χ3v) is 4.32. The number of nitrogens with zero attached hydrogens (tertiary/aromatic N) is 1. The van der Waals surface area contributed by atoms with Gasteiger partial charge < -0.3 is 10.5 Å². The molecule has 0 fully saturated rings. The van der Waals surface area contributed by atoms with Crippen molar-refractivity contribution in [3.63, 3.8) is 0 Å². The lowest BCUT2D eigenvalue weighted by Crippen LogP contribution is -2.28. The van der Waals surface area contributed by atoms with Crippen LogP contribution >= 0.6 is 11.3 Å². The van der Waals surface area contributed by atoms with Crippen LogP contribution in [0, 0.1) is 0 Å². The minimum Gasteiger partial charge on any atom is -0.486 e. The van der Waals surface area contributed by atoms with Gasteiger partial charge in [-0.3, -0.25) is 0 Å². The van der Waals surface area contributed by atoms with Gasteiger partial charge in [-0.15, -0.1) is 11.3 Å². The summed E-state index contributed by atoms with van der Waals surface area (Å²) in [6.07, 6.45) is 0. The number of benzene rings is 1. The number of nitrogens with two attached hydrogens (primary N) is 1. The Morgan fingerprint density at radius 2 is 1.90 bits per heavy atom. The minimum atomic E-state index is -0.359. The lowest BCUT2D eigenvalue weighted by Gasteiger charge is -2.19. The van der Waals surface area contributed by atoms with Crippen LogP contribution in [0.3, 0.4) is 0 Å². The van der Waals surface area contributed by atoms with Gasteiger partial charge in [0.1, 0.15) is 17.4 Å². The average molecular weight is 290 g/mol. The van der Waals surface area contributed by atoms with Crippen molar-refractivity contribution in [1.82, 2.24) is 4.98 Å². The molecule has 0 atom stereocenters. The predicted molar refractivity (Wildman–Crippen MR) is 84.2 cm³/mol. The van der Waals surface area contributed by atoms with Gasteiger partial charge in [-0.1, -0.05) is 32.0 Å². The average Bonchev–Trinajstić information content (AvgIpc) is 2.82. The van der Waals surface area contributed by atoms with Crippen LogP contribution in [0.4, 0.5) is 0 Å². The van der Waals surface area contributed by atoms with Crippen LogP contribution in [0.25, 0.3) is 0 Å². The molecule has 0 saturated carbocycles. The summed E-state index contributed by atoms with van der Waals surface area (Å²) in [5.74, 6) is 1.23. The third kappa shape index (κ3) is 3.58. The van der Waals surface area contributed by atoms with E-state index < -0.39 is 0 Å². The first-order valence-electron chi connectivity index (χ1n) is 6.84. The summed E-state index contributed by atoms with van der Waals surface area (Å²) in [7, 11) is 0. The zero-order valence-electron chi connectivity index (χ0n) is 12.5. The molecule has 2 aromatic rings. The molecule has 1 heterocycles. The van der Waals surface area contributed by atoms with Crippen molar-refractivity contribution >= 4 is 11.3 Å². The van der Waals surface area contributed by atoms with Crippen molar-refractivity contribution in [3.8, 4) is 5.75 Å². The molecule has 4 heteroatoms. The Bertz CT molecular complexity index is 556. The van der Waals surface area contributed by atoms with Gasteiger partial charge in [0.05, 0.1) is 5.69 Å². The van der Waals surface area contributed by atoms with Crippen LogP contribution in [0.2, 0.25) is 0 Å². The van der Waals surface area contributed by atoms with Crippen molar-refractivity contribution in [3.05, 3.63) is 45.9 Å². The van der Waals surface area contributed by atoms with Gasteiger partial charge in [0.15, 0.2) is 0 Å². The van der Waals surface area contributed by atoms with E-state index in [2.05, 4.69) is 13.8 Å². The van der Waals surface area contributed by atoms with E-state index in [9.17, 15) is 0 Å². The van der Waals surface area contributed by atoms with Gasteiger partial charge in [-0.25, -0.2) is 4.98 Å². The first-order valence-corrected chi connectivity index (χ1v) is 7.66. The fourth-order valence-corrected chi connectivity index (χ4v) is 3.10. The molecular formula is C16H22N2OS. The lowest BCUT2D eigenvalue weighted by molar-refractivity contribution is 0.305. The molecule has 0 bridgehead atoms. The fourth-order valence-electron chi connectivity index (χ4n) is 1.95. The minimum absolute atomic E-state index is 0.359. The molecule has 2 N–H and O–H groups in total. The molecule has 0 amide bonds. The summed E-state index contributed by atoms with van der Waals surface area (Å²) in [6.45, 7) is 8.82. The summed E-state index contributed by atoms with van der Waals surface area (Å²) in [6, 6.07) is 9.80. The van der Waals surface area contributed by atoms with Crippen LogP contribution in [0.5, 0.6) is 5.75 Å². The predicted octanol–water partition coefficient (Wildman–Crippen LogP) is 4.04. The van der Waals surface area contributed by atoms with Gasteiger partial charge in [0.25, 0.3) is 0 Å². The van der Waals surface area contributed by atoms with E-state index in [1.54, 1.807) is 11.3 Å². The number of ether oxygens (including phenoxy) is 1. The van der Waals surface area contributed by atoms with Crippen molar-refractivity contribution in [2.45, 2.75) is 45.8 Å². The summed E-state index contributed by atoms with van der Waals surface area (Å²) in [4.78, 5) is 5.86. The van der Waals surface area contributed by atoms with Crippen molar-refractivity contribution < 1.29 is 4.74 Å². The topological polar surface area (TPSA) is 48.1 Å². The van der Waals surface area contributed by atoms with Crippen molar-refractivity contribution in [2.75, 3.05) is 0 Å². The molecule has 1 aromatic carbocycles. The smallest absolute Gasteiger partial charge is 0.140 e. The van der Waals surface area contributed by atoms with Crippen LogP contribution < -0.4 is 10.5 Å². The standard InChI is InChI=1S/C16H22N2OS/c1-11(2)14-15(16(3,4)17)20-13(18-14)10-19-12-8-6-5-7-9-12/h5-9,11H,10,17H2,1-4H3. The van der Waals surface area contributed by atoms with Gasteiger partial charge in [-0.05, 0) is 31.9 Å².